The Morgan fingerprint density at radius 3 is 2.81 bits per heavy atom. The van der Waals surface area contributed by atoms with E-state index in [9.17, 15) is 4.79 Å². The van der Waals surface area contributed by atoms with Crippen LogP contribution in [0.15, 0.2) is 53.2 Å². The van der Waals surface area contributed by atoms with Crippen LogP contribution in [0.1, 0.15) is 24.0 Å². The van der Waals surface area contributed by atoms with Crippen molar-refractivity contribution in [3.05, 3.63) is 59.7 Å². The highest BCUT2D eigenvalue weighted by Crippen LogP contribution is 2.15. The zero-order valence-corrected chi connectivity index (χ0v) is 14.6. The van der Waals surface area contributed by atoms with Crippen molar-refractivity contribution in [1.82, 2.24) is 20.5 Å². The molecule has 1 amide bonds. The van der Waals surface area contributed by atoms with Crippen LogP contribution in [0.25, 0.3) is 11.0 Å². The van der Waals surface area contributed by atoms with E-state index in [1.165, 1.54) is 5.56 Å². The zero-order chi connectivity index (χ0) is 17.8. The first-order valence-electron chi connectivity index (χ1n) is 9.04. The van der Waals surface area contributed by atoms with Gasteiger partial charge in [0.2, 0.25) is 5.91 Å². The molecule has 1 aromatic heterocycles. The predicted molar refractivity (Wildman–Crippen MR) is 98.4 cm³/mol. The normalized spacial score (nSPS) is 17.3. The lowest BCUT2D eigenvalue weighted by atomic mass is 10.1. The standard InChI is InChI=1S/C20H22N4O2/c25-20-12-17(14-24(20)10-4-7-15-5-2-1-3-6-15)21-13-16-8-9-18-19(11-16)23-26-22-18/h1-3,5-6,8-9,11,17,21H,4,7,10,12-14H2. The first-order valence-corrected chi connectivity index (χ1v) is 9.04. The van der Waals surface area contributed by atoms with Crippen molar-refractivity contribution >= 4 is 16.9 Å². The molecule has 0 aliphatic carbocycles. The molecule has 26 heavy (non-hydrogen) atoms. The lowest BCUT2D eigenvalue weighted by Gasteiger charge is -2.17. The lowest BCUT2D eigenvalue weighted by Crippen LogP contribution is -2.33. The van der Waals surface area contributed by atoms with Gasteiger partial charge in [0, 0.05) is 32.1 Å². The summed E-state index contributed by atoms with van der Waals surface area (Å²) >= 11 is 0. The van der Waals surface area contributed by atoms with Gasteiger partial charge < -0.3 is 10.2 Å². The van der Waals surface area contributed by atoms with Gasteiger partial charge in [-0.15, -0.1) is 0 Å². The molecular formula is C20H22N4O2. The number of carbonyl (C=O) groups excluding carboxylic acids is 1. The number of aromatic nitrogens is 2. The quantitative estimate of drug-likeness (QED) is 0.709. The number of carbonyl (C=O) groups is 1. The van der Waals surface area contributed by atoms with E-state index in [0.29, 0.717) is 13.0 Å². The van der Waals surface area contributed by atoms with Gasteiger partial charge in [-0.1, -0.05) is 36.4 Å². The highest BCUT2D eigenvalue weighted by atomic mass is 16.6. The number of nitrogens with zero attached hydrogens (tertiary/aromatic N) is 3. The van der Waals surface area contributed by atoms with Crippen LogP contribution < -0.4 is 5.32 Å². The highest BCUT2D eigenvalue weighted by molar-refractivity contribution is 5.79. The van der Waals surface area contributed by atoms with Gasteiger partial charge in [-0.25, -0.2) is 4.63 Å². The van der Waals surface area contributed by atoms with Crippen LogP contribution in [-0.2, 0) is 17.8 Å². The van der Waals surface area contributed by atoms with E-state index in [1.807, 2.05) is 29.2 Å². The molecule has 6 nitrogen and oxygen atoms in total. The second-order valence-corrected chi connectivity index (χ2v) is 6.80. The van der Waals surface area contributed by atoms with E-state index < -0.39 is 0 Å². The molecular weight excluding hydrogens is 328 g/mol. The molecule has 0 bridgehead atoms. The summed E-state index contributed by atoms with van der Waals surface area (Å²) in [5.74, 6) is 0.242. The second-order valence-electron chi connectivity index (χ2n) is 6.80. The van der Waals surface area contributed by atoms with Crippen molar-refractivity contribution in [2.75, 3.05) is 13.1 Å². The number of likely N-dealkylation sites (tertiary alicyclic amines) is 1. The highest BCUT2D eigenvalue weighted by Gasteiger charge is 2.28. The molecule has 1 N–H and O–H groups in total. The third-order valence-electron chi connectivity index (χ3n) is 4.86. The number of rotatable bonds is 7. The van der Waals surface area contributed by atoms with E-state index in [-0.39, 0.29) is 11.9 Å². The molecule has 0 spiro atoms. The van der Waals surface area contributed by atoms with E-state index in [2.05, 4.69) is 39.9 Å². The minimum Gasteiger partial charge on any atom is -0.341 e. The maximum atomic E-state index is 12.2. The van der Waals surface area contributed by atoms with Gasteiger partial charge in [-0.3, -0.25) is 4.79 Å². The van der Waals surface area contributed by atoms with Crippen LogP contribution in [0.3, 0.4) is 0 Å². The summed E-state index contributed by atoms with van der Waals surface area (Å²) < 4.78 is 4.72. The summed E-state index contributed by atoms with van der Waals surface area (Å²) in [6.07, 6.45) is 2.58. The fourth-order valence-corrected chi connectivity index (χ4v) is 3.44. The Kier molecular flexibility index (Phi) is 4.93. The third kappa shape index (κ3) is 3.91. The fraction of sp³-hybridized carbons (Fsp3) is 0.350. The molecule has 1 aliphatic heterocycles. The minimum atomic E-state index is 0.199. The Bertz CT molecular complexity index is 878. The Morgan fingerprint density at radius 1 is 1.08 bits per heavy atom. The number of aryl methyl sites for hydroxylation is 1. The number of benzene rings is 2. The van der Waals surface area contributed by atoms with Crippen LogP contribution in [0.2, 0.25) is 0 Å². The van der Waals surface area contributed by atoms with Gasteiger partial charge >= 0.3 is 0 Å². The second kappa shape index (κ2) is 7.66. The molecule has 4 rings (SSSR count). The van der Waals surface area contributed by atoms with Crippen LogP contribution in [-0.4, -0.2) is 40.3 Å². The maximum Gasteiger partial charge on any atom is 0.224 e. The summed E-state index contributed by atoms with van der Waals surface area (Å²) in [5, 5.41) is 11.2. The molecule has 134 valence electrons. The van der Waals surface area contributed by atoms with Crippen molar-refractivity contribution in [2.24, 2.45) is 0 Å². The summed E-state index contributed by atoms with van der Waals surface area (Å²) in [4.78, 5) is 14.2. The number of hydrogen-bond acceptors (Lipinski definition) is 5. The van der Waals surface area contributed by atoms with Gasteiger partial charge in [0.25, 0.3) is 0 Å². The van der Waals surface area contributed by atoms with Crippen molar-refractivity contribution in [2.45, 2.75) is 31.8 Å². The summed E-state index contributed by atoms with van der Waals surface area (Å²) in [7, 11) is 0. The van der Waals surface area contributed by atoms with E-state index in [0.717, 1.165) is 42.5 Å². The van der Waals surface area contributed by atoms with Crippen molar-refractivity contribution in [3.8, 4) is 0 Å². The Balaban J connectivity index is 1.24. The molecule has 0 radical (unpaired) electrons. The Hall–Kier alpha value is -2.73. The fourth-order valence-electron chi connectivity index (χ4n) is 3.44. The van der Waals surface area contributed by atoms with Gasteiger partial charge in [0.05, 0.1) is 0 Å². The van der Waals surface area contributed by atoms with E-state index >= 15 is 0 Å². The molecule has 0 saturated carbocycles. The van der Waals surface area contributed by atoms with Crippen molar-refractivity contribution < 1.29 is 9.42 Å². The minimum absolute atomic E-state index is 0.199. The van der Waals surface area contributed by atoms with E-state index in [1.54, 1.807) is 0 Å². The van der Waals surface area contributed by atoms with Crippen molar-refractivity contribution in [3.63, 3.8) is 0 Å². The number of nitrogens with one attached hydrogen (secondary N) is 1. The largest absolute Gasteiger partial charge is 0.341 e. The average Bonchev–Trinajstić information content (AvgIpc) is 3.27. The predicted octanol–water partition coefficient (Wildman–Crippen LogP) is 2.55. The SMILES string of the molecule is O=C1CC(NCc2ccc3nonc3c2)CN1CCCc1ccccc1. The molecule has 1 unspecified atom stereocenters. The molecule has 2 aromatic carbocycles. The monoisotopic (exact) mass is 350 g/mol. The molecule has 1 atom stereocenters. The summed E-state index contributed by atoms with van der Waals surface area (Å²) in [5.41, 5.74) is 3.96. The molecule has 3 aromatic rings. The van der Waals surface area contributed by atoms with Crippen LogP contribution in [0.5, 0.6) is 0 Å². The van der Waals surface area contributed by atoms with Crippen LogP contribution in [0, 0.1) is 0 Å². The first-order chi connectivity index (χ1) is 12.8. The van der Waals surface area contributed by atoms with Crippen molar-refractivity contribution in [1.29, 1.82) is 0 Å². The molecule has 2 heterocycles. The van der Waals surface area contributed by atoms with E-state index in [4.69, 9.17) is 4.63 Å². The number of fused-ring (bicyclic) bond motifs is 1. The van der Waals surface area contributed by atoms with Gasteiger partial charge in [0.1, 0.15) is 11.0 Å². The first kappa shape index (κ1) is 16.7. The number of hydrogen-bond donors (Lipinski definition) is 1. The van der Waals surface area contributed by atoms with Crippen LogP contribution >= 0.6 is 0 Å². The lowest BCUT2D eigenvalue weighted by molar-refractivity contribution is -0.127. The molecule has 1 fully saturated rings. The topological polar surface area (TPSA) is 71.3 Å². The smallest absolute Gasteiger partial charge is 0.224 e. The average molecular weight is 350 g/mol. The summed E-state index contributed by atoms with van der Waals surface area (Å²) in [6.45, 7) is 2.31. The molecule has 1 aliphatic rings. The zero-order valence-electron chi connectivity index (χ0n) is 14.6. The van der Waals surface area contributed by atoms with Gasteiger partial charge in [-0.2, -0.15) is 0 Å². The summed E-state index contributed by atoms with van der Waals surface area (Å²) in [6, 6.07) is 16.5. The van der Waals surface area contributed by atoms with Gasteiger partial charge in [0.15, 0.2) is 0 Å². The third-order valence-corrected chi connectivity index (χ3v) is 4.86. The Labute approximate surface area is 152 Å². The maximum absolute atomic E-state index is 12.2. The molecule has 6 heteroatoms. The molecule has 1 saturated heterocycles. The van der Waals surface area contributed by atoms with Crippen LogP contribution in [0.4, 0.5) is 0 Å². The Morgan fingerprint density at radius 2 is 1.92 bits per heavy atom. The van der Waals surface area contributed by atoms with Gasteiger partial charge in [-0.05, 0) is 46.4 Å². The number of amides is 1.